The van der Waals surface area contributed by atoms with E-state index >= 15 is 0 Å². The molecule has 2 rings (SSSR count). The summed E-state index contributed by atoms with van der Waals surface area (Å²) in [6, 6.07) is 9.96. The van der Waals surface area contributed by atoms with E-state index in [0.717, 1.165) is 5.56 Å². The SMILES string of the molecule is N#CC(NC1CC1)c1ccccc1Cl. The van der Waals surface area contributed by atoms with Gasteiger partial charge in [0.2, 0.25) is 0 Å². The van der Waals surface area contributed by atoms with Crippen LogP contribution in [0.3, 0.4) is 0 Å². The zero-order valence-electron chi connectivity index (χ0n) is 7.70. The summed E-state index contributed by atoms with van der Waals surface area (Å²) in [7, 11) is 0. The molecule has 0 heterocycles. The molecule has 72 valence electrons. The Morgan fingerprint density at radius 1 is 1.43 bits per heavy atom. The first kappa shape index (κ1) is 9.51. The summed E-state index contributed by atoms with van der Waals surface area (Å²) in [4.78, 5) is 0. The van der Waals surface area contributed by atoms with Gasteiger partial charge < -0.3 is 0 Å². The smallest absolute Gasteiger partial charge is 0.123 e. The molecule has 14 heavy (non-hydrogen) atoms. The summed E-state index contributed by atoms with van der Waals surface area (Å²) < 4.78 is 0. The van der Waals surface area contributed by atoms with Gasteiger partial charge in [-0.3, -0.25) is 5.32 Å². The average Bonchev–Trinajstić information content (AvgIpc) is 2.99. The fourth-order valence-electron chi connectivity index (χ4n) is 1.39. The van der Waals surface area contributed by atoms with Crippen LogP contribution >= 0.6 is 11.6 Å². The highest BCUT2D eigenvalue weighted by Gasteiger charge is 2.25. The molecule has 1 aliphatic rings. The lowest BCUT2D eigenvalue weighted by atomic mass is 10.1. The monoisotopic (exact) mass is 206 g/mol. The van der Waals surface area contributed by atoms with Crippen LogP contribution in [0.2, 0.25) is 5.02 Å². The number of nitriles is 1. The Balaban J connectivity index is 2.18. The quantitative estimate of drug-likeness (QED) is 0.826. The van der Waals surface area contributed by atoms with Crippen LogP contribution < -0.4 is 5.32 Å². The van der Waals surface area contributed by atoms with Crippen LogP contribution in [0.1, 0.15) is 24.4 Å². The normalized spacial score (nSPS) is 17.4. The summed E-state index contributed by atoms with van der Waals surface area (Å²) in [5.41, 5.74) is 0.878. The fourth-order valence-corrected chi connectivity index (χ4v) is 1.64. The lowest BCUT2D eigenvalue weighted by molar-refractivity contribution is 0.626. The van der Waals surface area contributed by atoms with Crippen molar-refractivity contribution in [1.29, 1.82) is 5.26 Å². The molecule has 0 amide bonds. The third kappa shape index (κ3) is 2.06. The number of halogens is 1. The third-order valence-corrected chi connectivity index (χ3v) is 2.67. The highest BCUT2D eigenvalue weighted by molar-refractivity contribution is 6.31. The van der Waals surface area contributed by atoms with Crippen molar-refractivity contribution in [3.8, 4) is 6.07 Å². The fraction of sp³-hybridized carbons (Fsp3) is 0.364. The predicted molar refractivity (Wildman–Crippen MR) is 56.0 cm³/mol. The molecular weight excluding hydrogens is 196 g/mol. The van der Waals surface area contributed by atoms with Gasteiger partial charge in [-0.25, -0.2) is 0 Å². The lowest BCUT2D eigenvalue weighted by Gasteiger charge is -2.12. The molecule has 0 radical (unpaired) electrons. The molecule has 0 bridgehead atoms. The minimum atomic E-state index is -0.267. The van der Waals surface area contributed by atoms with Gasteiger partial charge in [-0.1, -0.05) is 29.8 Å². The Labute approximate surface area is 88.5 Å². The largest absolute Gasteiger partial charge is 0.295 e. The van der Waals surface area contributed by atoms with Gasteiger partial charge in [0.05, 0.1) is 6.07 Å². The van der Waals surface area contributed by atoms with E-state index in [1.807, 2.05) is 24.3 Å². The van der Waals surface area contributed by atoms with Crippen molar-refractivity contribution in [2.24, 2.45) is 0 Å². The van der Waals surface area contributed by atoms with Gasteiger partial charge in [-0.2, -0.15) is 5.26 Å². The molecule has 1 aliphatic carbocycles. The number of rotatable bonds is 3. The second-order valence-electron chi connectivity index (χ2n) is 3.52. The van der Waals surface area contributed by atoms with E-state index in [9.17, 15) is 0 Å². The van der Waals surface area contributed by atoms with Crippen molar-refractivity contribution in [3.05, 3.63) is 34.9 Å². The maximum absolute atomic E-state index is 9.01. The van der Waals surface area contributed by atoms with E-state index in [1.54, 1.807) is 0 Å². The van der Waals surface area contributed by atoms with Gasteiger partial charge in [0.15, 0.2) is 0 Å². The van der Waals surface area contributed by atoms with E-state index in [1.165, 1.54) is 12.8 Å². The molecule has 1 saturated carbocycles. The molecule has 1 atom stereocenters. The lowest BCUT2D eigenvalue weighted by Crippen LogP contribution is -2.22. The molecule has 1 aromatic rings. The molecule has 1 fully saturated rings. The van der Waals surface area contributed by atoms with Gasteiger partial charge in [0.25, 0.3) is 0 Å². The van der Waals surface area contributed by atoms with Gasteiger partial charge in [0.1, 0.15) is 6.04 Å². The van der Waals surface area contributed by atoms with E-state index in [2.05, 4.69) is 11.4 Å². The number of hydrogen-bond acceptors (Lipinski definition) is 2. The van der Waals surface area contributed by atoms with Crippen LogP contribution in [0.4, 0.5) is 0 Å². The Morgan fingerprint density at radius 3 is 2.71 bits per heavy atom. The topological polar surface area (TPSA) is 35.8 Å². The molecule has 0 spiro atoms. The summed E-state index contributed by atoms with van der Waals surface area (Å²) in [5, 5.41) is 12.9. The number of benzene rings is 1. The van der Waals surface area contributed by atoms with Crippen LogP contribution in [-0.4, -0.2) is 6.04 Å². The average molecular weight is 207 g/mol. The molecule has 0 aromatic heterocycles. The molecule has 1 unspecified atom stereocenters. The predicted octanol–water partition coefficient (Wildman–Crippen LogP) is 2.66. The highest BCUT2D eigenvalue weighted by atomic mass is 35.5. The van der Waals surface area contributed by atoms with Gasteiger partial charge >= 0.3 is 0 Å². The molecule has 0 aliphatic heterocycles. The van der Waals surface area contributed by atoms with E-state index < -0.39 is 0 Å². The van der Waals surface area contributed by atoms with Crippen molar-refractivity contribution in [1.82, 2.24) is 5.32 Å². The minimum absolute atomic E-state index is 0.267. The molecular formula is C11H11ClN2. The Hall–Kier alpha value is -1.04. The van der Waals surface area contributed by atoms with E-state index in [0.29, 0.717) is 11.1 Å². The molecule has 1 N–H and O–H groups in total. The van der Waals surface area contributed by atoms with Crippen molar-refractivity contribution in [2.75, 3.05) is 0 Å². The molecule has 1 aromatic carbocycles. The summed E-state index contributed by atoms with van der Waals surface area (Å²) in [5.74, 6) is 0. The number of nitrogens with zero attached hydrogens (tertiary/aromatic N) is 1. The first-order chi connectivity index (χ1) is 6.81. The molecule has 0 saturated heterocycles. The van der Waals surface area contributed by atoms with Crippen molar-refractivity contribution in [3.63, 3.8) is 0 Å². The second-order valence-corrected chi connectivity index (χ2v) is 3.93. The standard InChI is InChI=1S/C11H11ClN2/c12-10-4-2-1-3-9(10)11(7-13)14-8-5-6-8/h1-4,8,11,14H,5-6H2. The van der Waals surface area contributed by atoms with Crippen molar-refractivity contribution >= 4 is 11.6 Å². The second kappa shape index (κ2) is 4.00. The van der Waals surface area contributed by atoms with Gasteiger partial charge in [-0.05, 0) is 18.9 Å². The van der Waals surface area contributed by atoms with Crippen LogP contribution in [0.5, 0.6) is 0 Å². The first-order valence-electron chi connectivity index (χ1n) is 4.71. The van der Waals surface area contributed by atoms with Crippen LogP contribution in [0.25, 0.3) is 0 Å². The Kier molecular flexibility index (Phi) is 2.72. The maximum Gasteiger partial charge on any atom is 0.123 e. The first-order valence-corrected chi connectivity index (χ1v) is 5.09. The number of hydrogen-bond donors (Lipinski definition) is 1. The molecule has 3 heteroatoms. The van der Waals surface area contributed by atoms with E-state index in [-0.39, 0.29) is 6.04 Å². The minimum Gasteiger partial charge on any atom is -0.295 e. The van der Waals surface area contributed by atoms with Crippen molar-refractivity contribution < 1.29 is 0 Å². The third-order valence-electron chi connectivity index (χ3n) is 2.33. The van der Waals surface area contributed by atoms with Crippen molar-refractivity contribution in [2.45, 2.75) is 24.9 Å². The van der Waals surface area contributed by atoms with Gasteiger partial charge in [-0.15, -0.1) is 0 Å². The maximum atomic E-state index is 9.01. The zero-order valence-corrected chi connectivity index (χ0v) is 8.46. The molecule has 2 nitrogen and oxygen atoms in total. The van der Waals surface area contributed by atoms with Crippen LogP contribution in [0.15, 0.2) is 24.3 Å². The van der Waals surface area contributed by atoms with Crippen LogP contribution in [-0.2, 0) is 0 Å². The highest BCUT2D eigenvalue weighted by Crippen LogP contribution is 2.27. The summed E-state index contributed by atoms with van der Waals surface area (Å²) in [6.45, 7) is 0. The Morgan fingerprint density at radius 2 is 2.14 bits per heavy atom. The van der Waals surface area contributed by atoms with Gasteiger partial charge in [0, 0.05) is 16.6 Å². The number of nitrogens with one attached hydrogen (secondary N) is 1. The summed E-state index contributed by atoms with van der Waals surface area (Å²) >= 11 is 6.01. The Bertz CT molecular complexity index is 366. The zero-order chi connectivity index (χ0) is 9.97. The van der Waals surface area contributed by atoms with Crippen LogP contribution in [0, 0.1) is 11.3 Å². The summed E-state index contributed by atoms with van der Waals surface area (Å²) in [6.07, 6.45) is 2.34. The van der Waals surface area contributed by atoms with E-state index in [4.69, 9.17) is 16.9 Å².